The Hall–Kier alpha value is -0.160. The van der Waals surface area contributed by atoms with Crippen LogP contribution in [0.2, 0.25) is 0 Å². The van der Waals surface area contributed by atoms with Crippen LogP contribution in [0, 0.1) is 0 Å². The molecule has 4 nitrogen and oxygen atoms in total. The van der Waals surface area contributed by atoms with E-state index in [4.69, 9.17) is 10.4 Å². The highest BCUT2D eigenvalue weighted by Gasteiger charge is 1.88. The summed E-state index contributed by atoms with van der Waals surface area (Å²) in [5.41, 5.74) is 0. The predicted octanol–water partition coefficient (Wildman–Crippen LogP) is -0.287. The summed E-state index contributed by atoms with van der Waals surface area (Å²) in [4.78, 5) is 0. The van der Waals surface area contributed by atoms with Gasteiger partial charge in [0.25, 0.3) is 0 Å². The molecule has 4 heteroatoms. The van der Waals surface area contributed by atoms with Gasteiger partial charge in [-0.15, -0.1) is 0 Å². The molecule has 0 aliphatic heterocycles. The SMILES string of the molecule is COCCN(O)O. The number of methoxy groups -OCH3 is 1. The zero-order valence-corrected chi connectivity index (χ0v) is 4.16. The molecule has 0 saturated carbocycles. The van der Waals surface area contributed by atoms with Gasteiger partial charge in [-0.3, -0.25) is 10.4 Å². The summed E-state index contributed by atoms with van der Waals surface area (Å²) in [6.45, 7) is 0.448. The van der Waals surface area contributed by atoms with Crippen LogP contribution in [0.3, 0.4) is 0 Å². The van der Waals surface area contributed by atoms with Gasteiger partial charge in [-0.05, 0) is 0 Å². The van der Waals surface area contributed by atoms with Crippen molar-refractivity contribution in [1.82, 2.24) is 5.23 Å². The average Bonchev–Trinajstić information content (AvgIpc) is 1.61. The van der Waals surface area contributed by atoms with Crippen LogP contribution in [0.5, 0.6) is 0 Å². The van der Waals surface area contributed by atoms with E-state index in [1.165, 1.54) is 7.11 Å². The van der Waals surface area contributed by atoms with Gasteiger partial charge in [0.2, 0.25) is 0 Å². The highest BCUT2D eigenvalue weighted by atomic mass is 16.8. The Morgan fingerprint density at radius 3 is 2.29 bits per heavy atom. The summed E-state index contributed by atoms with van der Waals surface area (Å²) in [5, 5.41) is 16.1. The lowest BCUT2D eigenvalue weighted by Gasteiger charge is -2.02. The second-order valence-corrected chi connectivity index (χ2v) is 1.09. The third kappa shape index (κ3) is 5.84. The van der Waals surface area contributed by atoms with Crippen molar-refractivity contribution in [2.75, 3.05) is 20.3 Å². The van der Waals surface area contributed by atoms with Gasteiger partial charge in [-0.25, -0.2) is 0 Å². The first-order chi connectivity index (χ1) is 3.27. The molecule has 0 aromatic heterocycles. The molecular formula is C3H9NO3. The Morgan fingerprint density at radius 2 is 2.14 bits per heavy atom. The maximum absolute atomic E-state index is 7.99. The van der Waals surface area contributed by atoms with E-state index in [0.29, 0.717) is 6.61 Å². The molecule has 0 heterocycles. The first kappa shape index (κ1) is 6.84. The van der Waals surface area contributed by atoms with Gasteiger partial charge < -0.3 is 4.74 Å². The van der Waals surface area contributed by atoms with E-state index in [1.54, 1.807) is 0 Å². The molecule has 0 aliphatic rings. The Bertz CT molecular complexity index is 39.2. The molecule has 0 fully saturated rings. The summed E-state index contributed by atoms with van der Waals surface area (Å²) in [7, 11) is 1.49. The summed E-state index contributed by atoms with van der Waals surface area (Å²) in [6, 6.07) is 0. The highest BCUT2D eigenvalue weighted by Crippen LogP contribution is 1.70. The number of rotatable bonds is 3. The summed E-state index contributed by atoms with van der Waals surface area (Å²) >= 11 is 0. The predicted molar refractivity (Wildman–Crippen MR) is 22.2 cm³/mol. The van der Waals surface area contributed by atoms with Gasteiger partial charge in [-0.1, -0.05) is 5.23 Å². The van der Waals surface area contributed by atoms with Crippen LogP contribution in [-0.2, 0) is 4.74 Å². The summed E-state index contributed by atoms with van der Waals surface area (Å²) < 4.78 is 4.49. The molecule has 2 N–H and O–H groups in total. The van der Waals surface area contributed by atoms with Gasteiger partial charge >= 0.3 is 0 Å². The van der Waals surface area contributed by atoms with E-state index in [1.807, 2.05) is 0 Å². The third-order valence-electron chi connectivity index (χ3n) is 0.495. The third-order valence-corrected chi connectivity index (χ3v) is 0.495. The standard InChI is InChI=1S/C3H9NO3/c1-7-3-2-4(5)6/h5-6H,2-3H2,1H3. The molecule has 0 spiro atoms. The molecule has 7 heavy (non-hydrogen) atoms. The average molecular weight is 107 g/mol. The first-order valence-corrected chi connectivity index (χ1v) is 1.91. The van der Waals surface area contributed by atoms with Crippen LogP contribution in [0.15, 0.2) is 0 Å². The lowest BCUT2D eigenvalue weighted by Crippen LogP contribution is -2.18. The Kier molecular flexibility index (Phi) is 3.92. The molecule has 0 atom stereocenters. The number of ether oxygens (including phenoxy) is 1. The topological polar surface area (TPSA) is 52.9 Å². The van der Waals surface area contributed by atoms with Crippen molar-refractivity contribution in [2.45, 2.75) is 0 Å². The molecule has 0 aliphatic carbocycles. The molecule has 0 aromatic carbocycles. The highest BCUT2D eigenvalue weighted by molar-refractivity contribution is 4.24. The zero-order valence-electron chi connectivity index (χ0n) is 4.16. The minimum absolute atomic E-state index is 0.0868. The largest absolute Gasteiger partial charge is 0.383 e. The van der Waals surface area contributed by atoms with E-state index in [9.17, 15) is 0 Å². The fraction of sp³-hybridized carbons (Fsp3) is 1.00. The Balaban J connectivity index is 2.68. The molecule has 0 amide bonds. The van der Waals surface area contributed by atoms with Crippen molar-refractivity contribution < 1.29 is 15.2 Å². The molecule has 0 saturated heterocycles. The van der Waals surface area contributed by atoms with Gasteiger partial charge in [0.05, 0.1) is 13.2 Å². The molecule has 0 unspecified atom stereocenters. The number of hydroxylamine groups is 2. The normalized spacial score (nSPS) is 10.3. The van der Waals surface area contributed by atoms with E-state index in [0.717, 1.165) is 0 Å². The Morgan fingerprint density at radius 1 is 1.57 bits per heavy atom. The van der Waals surface area contributed by atoms with E-state index < -0.39 is 0 Å². The maximum Gasteiger partial charge on any atom is 0.0746 e. The minimum atomic E-state index is 0.0868. The lowest BCUT2D eigenvalue weighted by molar-refractivity contribution is -0.309. The van der Waals surface area contributed by atoms with E-state index in [2.05, 4.69) is 4.74 Å². The van der Waals surface area contributed by atoms with Crippen molar-refractivity contribution in [1.29, 1.82) is 0 Å². The van der Waals surface area contributed by atoms with Crippen molar-refractivity contribution in [3.63, 3.8) is 0 Å². The number of hydrogen-bond acceptors (Lipinski definition) is 4. The van der Waals surface area contributed by atoms with Crippen LogP contribution in [0.4, 0.5) is 0 Å². The van der Waals surface area contributed by atoms with Crippen molar-refractivity contribution in [3.05, 3.63) is 0 Å². The molecule has 0 rings (SSSR count). The quantitative estimate of drug-likeness (QED) is 0.487. The number of nitrogens with zero attached hydrogens (tertiary/aromatic N) is 1. The molecule has 0 radical (unpaired) electrons. The van der Waals surface area contributed by atoms with Gasteiger partial charge in [0.1, 0.15) is 0 Å². The van der Waals surface area contributed by atoms with Crippen LogP contribution >= 0.6 is 0 Å². The lowest BCUT2D eigenvalue weighted by atomic mass is 10.7. The van der Waals surface area contributed by atoms with Crippen LogP contribution in [0.25, 0.3) is 0 Å². The maximum atomic E-state index is 7.99. The molecule has 0 aromatic rings. The van der Waals surface area contributed by atoms with Crippen molar-refractivity contribution in [3.8, 4) is 0 Å². The molecule has 44 valence electrons. The van der Waals surface area contributed by atoms with Crippen molar-refractivity contribution >= 4 is 0 Å². The molecule has 0 bridgehead atoms. The smallest absolute Gasteiger partial charge is 0.0746 e. The van der Waals surface area contributed by atoms with Gasteiger partial charge in [-0.2, -0.15) is 0 Å². The fourth-order valence-electron chi connectivity index (χ4n) is 0.173. The second-order valence-electron chi connectivity index (χ2n) is 1.09. The minimum Gasteiger partial charge on any atom is -0.383 e. The van der Waals surface area contributed by atoms with Gasteiger partial charge in [0.15, 0.2) is 0 Å². The summed E-state index contributed by atoms with van der Waals surface area (Å²) in [6.07, 6.45) is 0. The van der Waals surface area contributed by atoms with E-state index >= 15 is 0 Å². The van der Waals surface area contributed by atoms with Crippen LogP contribution in [-0.4, -0.2) is 35.9 Å². The van der Waals surface area contributed by atoms with Crippen LogP contribution in [0.1, 0.15) is 0 Å². The second kappa shape index (κ2) is 4.01. The number of hydrogen-bond donors (Lipinski definition) is 2. The Labute approximate surface area is 41.8 Å². The monoisotopic (exact) mass is 107 g/mol. The van der Waals surface area contributed by atoms with Gasteiger partial charge in [0, 0.05) is 7.11 Å². The van der Waals surface area contributed by atoms with Crippen molar-refractivity contribution in [2.24, 2.45) is 0 Å². The van der Waals surface area contributed by atoms with Crippen LogP contribution < -0.4 is 0 Å². The zero-order chi connectivity index (χ0) is 5.70. The first-order valence-electron chi connectivity index (χ1n) is 1.91. The van der Waals surface area contributed by atoms with E-state index in [-0.39, 0.29) is 11.8 Å². The summed E-state index contributed by atoms with van der Waals surface area (Å²) in [5.74, 6) is 0. The molecular weight excluding hydrogens is 98.0 g/mol. The fourth-order valence-corrected chi connectivity index (χ4v) is 0.173.